The van der Waals surface area contributed by atoms with Crippen molar-refractivity contribution >= 4 is 41.8 Å². The Bertz CT molecular complexity index is 494. The zero-order valence-electron chi connectivity index (χ0n) is 17.9. The second kappa shape index (κ2) is 14.8. The van der Waals surface area contributed by atoms with Crippen LogP contribution in [-0.4, -0.2) is 113 Å². The lowest BCUT2D eigenvalue weighted by atomic mass is 10.2. The highest BCUT2D eigenvalue weighted by molar-refractivity contribution is 14.0. The third-order valence-electron chi connectivity index (χ3n) is 4.20. The van der Waals surface area contributed by atoms with Crippen LogP contribution in [0.5, 0.6) is 0 Å². The van der Waals surface area contributed by atoms with Gasteiger partial charge in [-0.2, -0.15) is 0 Å². The summed E-state index contributed by atoms with van der Waals surface area (Å²) < 4.78 is 4.93. The molecule has 1 aliphatic rings. The number of nitrogens with one attached hydrogen (secondary N) is 2. The number of likely N-dealkylation sites (N-methyl/N-ethyl adjacent to an activating group) is 1. The van der Waals surface area contributed by atoms with Crippen molar-refractivity contribution < 1.29 is 14.3 Å². The van der Waals surface area contributed by atoms with Crippen LogP contribution in [0, 0.1) is 5.92 Å². The van der Waals surface area contributed by atoms with Gasteiger partial charge in [0, 0.05) is 60.5 Å². The van der Waals surface area contributed by atoms with Gasteiger partial charge in [0.15, 0.2) is 5.96 Å². The van der Waals surface area contributed by atoms with Gasteiger partial charge in [-0.1, -0.05) is 13.8 Å². The Morgan fingerprint density at radius 3 is 2.32 bits per heavy atom. The van der Waals surface area contributed by atoms with E-state index in [2.05, 4.69) is 39.3 Å². The second-order valence-corrected chi connectivity index (χ2v) is 7.31. The number of aliphatic imine (C=N–C) groups is 1. The summed E-state index contributed by atoms with van der Waals surface area (Å²) in [7, 11) is 5.08. The molecule has 0 aliphatic carbocycles. The van der Waals surface area contributed by atoms with E-state index in [4.69, 9.17) is 4.74 Å². The van der Waals surface area contributed by atoms with Gasteiger partial charge in [-0.3, -0.25) is 14.5 Å². The lowest BCUT2D eigenvalue weighted by molar-refractivity contribution is -0.127. The van der Waals surface area contributed by atoms with Crippen molar-refractivity contribution in [3.63, 3.8) is 0 Å². The second-order valence-electron chi connectivity index (χ2n) is 7.31. The lowest BCUT2D eigenvalue weighted by Crippen LogP contribution is -2.54. The van der Waals surface area contributed by atoms with Crippen LogP contribution in [0.15, 0.2) is 4.99 Å². The van der Waals surface area contributed by atoms with Crippen molar-refractivity contribution in [2.75, 3.05) is 80.2 Å². The highest BCUT2D eigenvalue weighted by Gasteiger charge is 2.21. The number of ether oxygens (including phenoxy) is 1. The van der Waals surface area contributed by atoms with Gasteiger partial charge < -0.3 is 25.2 Å². The van der Waals surface area contributed by atoms with Gasteiger partial charge in [0.05, 0.1) is 13.2 Å². The summed E-state index contributed by atoms with van der Waals surface area (Å²) >= 11 is 0. The number of rotatable bonds is 9. The predicted molar refractivity (Wildman–Crippen MR) is 122 cm³/mol. The Balaban J connectivity index is 0.00000729. The molecule has 2 amide bonds. The summed E-state index contributed by atoms with van der Waals surface area (Å²) in [6, 6.07) is 0. The van der Waals surface area contributed by atoms with Crippen molar-refractivity contribution in [2.24, 2.45) is 10.9 Å². The molecular formula is C18H37IN6O3. The topological polar surface area (TPSA) is 89.5 Å². The van der Waals surface area contributed by atoms with E-state index in [9.17, 15) is 9.59 Å². The smallest absolute Gasteiger partial charge is 0.243 e. The molecule has 1 fully saturated rings. The minimum Gasteiger partial charge on any atom is -0.383 e. The fraction of sp³-hybridized carbons (Fsp3) is 0.833. The molecule has 0 atom stereocenters. The molecule has 0 bridgehead atoms. The molecule has 0 unspecified atom stereocenters. The number of methoxy groups -OCH3 is 1. The van der Waals surface area contributed by atoms with Gasteiger partial charge in [-0.15, -0.1) is 24.0 Å². The summed E-state index contributed by atoms with van der Waals surface area (Å²) in [5.41, 5.74) is 0. The van der Waals surface area contributed by atoms with Gasteiger partial charge in [0.25, 0.3) is 0 Å². The van der Waals surface area contributed by atoms with E-state index in [1.807, 2.05) is 0 Å². The number of hydrogen-bond acceptors (Lipinski definition) is 5. The molecule has 1 rings (SSSR count). The number of guanidine groups is 1. The van der Waals surface area contributed by atoms with Crippen LogP contribution in [0.1, 0.15) is 13.8 Å². The Labute approximate surface area is 186 Å². The Kier molecular flexibility index (Phi) is 14.2. The van der Waals surface area contributed by atoms with E-state index in [-0.39, 0.29) is 42.3 Å². The fourth-order valence-corrected chi connectivity index (χ4v) is 2.52. The van der Waals surface area contributed by atoms with Gasteiger partial charge in [-0.25, -0.2) is 4.99 Å². The van der Waals surface area contributed by atoms with E-state index < -0.39 is 0 Å². The first-order valence-corrected chi connectivity index (χ1v) is 9.54. The molecule has 2 N–H and O–H groups in total. The molecule has 164 valence electrons. The summed E-state index contributed by atoms with van der Waals surface area (Å²) in [6.07, 6.45) is 0. The molecule has 0 aromatic carbocycles. The first-order chi connectivity index (χ1) is 12.8. The van der Waals surface area contributed by atoms with E-state index in [1.165, 1.54) is 0 Å². The van der Waals surface area contributed by atoms with Crippen LogP contribution in [0.25, 0.3) is 0 Å². The largest absolute Gasteiger partial charge is 0.383 e. The Morgan fingerprint density at radius 1 is 1.14 bits per heavy atom. The maximum atomic E-state index is 11.9. The average Bonchev–Trinajstić information content (AvgIpc) is 2.62. The van der Waals surface area contributed by atoms with Gasteiger partial charge in [0.2, 0.25) is 11.8 Å². The summed E-state index contributed by atoms with van der Waals surface area (Å²) in [4.78, 5) is 34.1. The number of halogens is 1. The Hall–Kier alpha value is -1.14. The molecule has 1 saturated heterocycles. The zero-order valence-corrected chi connectivity index (χ0v) is 20.2. The molecule has 10 heteroatoms. The quantitative estimate of drug-likeness (QED) is 0.191. The van der Waals surface area contributed by atoms with E-state index in [0.717, 1.165) is 38.7 Å². The highest BCUT2D eigenvalue weighted by Crippen LogP contribution is 2.03. The van der Waals surface area contributed by atoms with Crippen LogP contribution in [-0.2, 0) is 14.3 Å². The van der Waals surface area contributed by atoms with E-state index >= 15 is 0 Å². The van der Waals surface area contributed by atoms with Crippen LogP contribution < -0.4 is 10.6 Å². The third kappa shape index (κ3) is 11.0. The molecular weight excluding hydrogens is 475 g/mol. The monoisotopic (exact) mass is 512 g/mol. The van der Waals surface area contributed by atoms with Gasteiger partial charge in [0.1, 0.15) is 6.54 Å². The van der Waals surface area contributed by atoms with Crippen molar-refractivity contribution in [3.8, 4) is 0 Å². The highest BCUT2D eigenvalue weighted by atomic mass is 127. The first kappa shape index (κ1) is 26.9. The molecule has 9 nitrogen and oxygen atoms in total. The minimum atomic E-state index is -0.0230. The SMILES string of the molecule is COCCNC(=O)CN1CCN(C(=NCC(=O)N(C)C)NCC(C)C)CC1.I. The van der Waals surface area contributed by atoms with Crippen LogP contribution in [0.2, 0.25) is 0 Å². The number of hydrogen-bond donors (Lipinski definition) is 2. The van der Waals surface area contributed by atoms with Gasteiger partial charge in [-0.05, 0) is 5.92 Å². The summed E-state index contributed by atoms with van der Waals surface area (Å²) in [5, 5.41) is 6.21. The number of piperazine rings is 1. The summed E-state index contributed by atoms with van der Waals surface area (Å²) in [6.45, 7) is 9.75. The van der Waals surface area contributed by atoms with Gasteiger partial charge >= 0.3 is 0 Å². The molecule has 1 aliphatic heterocycles. The standard InChI is InChI=1S/C18H36N6O3.HI/c1-15(2)12-20-18(21-13-17(26)22(3)4)24-9-7-23(8-10-24)14-16(25)19-6-11-27-5;/h15H,6-14H2,1-5H3,(H,19,25)(H,20,21);1H. The first-order valence-electron chi connectivity index (χ1n) is 9.54. The molecule has 1 heterocycles. The molecule has 28 heavy (non-hydrogen) atoms. The fourth-order valence-electron chi connectivity index (χ4n) is 2.52. The van der Waals surface area contributed by atoms with Crippen molar-refractivity contribution in [3.05, 3.63) is 0 Å². The molecule has 0 aromatic rings. The van der Waals surface area contributed by atoms with Crippen molar-refractivity contribution in [1.29, 1.82) is 0 Å². The number of carbonyl (C=O) groups excluding carboxylic acids is 2. The zero-order chi connectivity index (χ0) is 20.2. The van der Waals surface area contributed by atoms with Crippen molar-refractivity contribution in [1.82, 2.24) is 25.3 Å². The average molecular weight is 512 g/mol. The number of nitrogens with zero attached hydrogens (tertiary/aromatic N) is 4. The predicted octanol–water partition coefficient (Wildman–Crippen LogP) is -0.326. The molecule has 0 aromatic heterocycles. The van der Waals surface area contributed by atoms with Crippen LogP contribution in [0.3, 0.4) is 0 Å². The van der Waals surface area contributed by atoms with Crippen LogP contribution >= 0.6 is 24.0 Å². The molecule has 0 spiro atoms. The Morgan fingerprint density at radius 2 is 1.79 bits per heavy atom. The minimum absolute atomic E-state index is 0. The number of carbonyl (C=O) groups is 2. The normalized spacial score (nSPS) is 15.2. The maximum absolute atomic E-state index is 11.9. The van der Waals surface area contributed by atoms with Crippen molar-refractivity contribution in [2.45, 2.75) is 13.8 Å². The summed E-state index contributed by atoms with van der Waals surface area (Å²) in [5.74, 6) is 1.24. The van der Waals surface area contributed by atoms with E-state index in [0.29, 0.717) is 25.6 Å². The lowest BCUT2D eigenvalue weighted by Gasteiger charge is -2.36. The maximum Gasteiger partial charge on any atom is 0.243 e. The molecule has 0 radical (unpaired) electrons. The van der Waals surface area contributed by atoms with Crippen LogP contribution in [0.4, 0.5) is 0 Å². The molecule has 0 saturated carbocycles. The van der Waals surface area contributed by atoms with E-state index in [1.54, 1.807) is 26.1 Å². The third-order valence-corrected chi connectivity index (χ3v) is 4.20. The number of amides is 2.